The quantitative estimate of drug-likeness (QED) is 0.907. The molecule has 1 amide bonds. The predicted molar refractivity (Wildman–Crippen MR) is 98.1 cm³/mol. The average molecular weight is 352 g/mol. The maximum Gasteiger partial charge on any atom is 0.224 e. The van der Waals surface area contributed by atoms with Gasteiger partial charge in [0.1, 0.15) is 0 Å². The molecule has 134 valence electrons. The van der Waals surface area contributed by atoms with Crippen LogP contribution in [0, 0.1) is 19.8 Å². The van der Waals surface area contributed by atoms with E-state index in [2.05, 4.69) is 52.1 Å². The first-order chi connectivity index (χ1) is 11.0. The van der Waals surface area contributed by atoms with Crippen molar-refractivity contribution < 1.29 is 13.2 Å². The molecule has 1 saturated heterocycles. The van der Waals surface area contributed by atoms with Gasteiger partial charge in [0.25, 0.3) is 0 Å². The van der Waals surface area contributed by atoms with Crippen molar-refractivity contribution in [3.05, 3.63) is 34.4 Å². The molecular weight excluding hydrogens is 322 g/mol. The van der Waals surface area contributed by atoms with Gasteiger partial charge in [0, 0.05) is 6.54 Å². The summed E-state index contributed by atoms with van der Waals surface area (Å²) in [6.07, 6.45) is 1.22. The number of carbonyl (C=O) groups is 1. The van der Waals surface area contributed by atoms with Gasteiger partial charge in [-0.2, -0.15) is 0 Å². The summed E-state index contributed by atoms with van der Waals surface area (Å²) in [5.41, 5.74) is 5.20. The standard InChI is InChI=1S/C19H29NO3S/c1-13-10-16(19(3,4)5)11-14(2)17(13)6-8-20-18(21)15-7-9-24(22,23)12-15/h10-11,15H,6-9,12H2,1-5H3,(H,20,21). The van der Waals surface area contributed by atoms with E-state index in [4.69, 9.17) is 0 Å². The van der Waals surface area contributed by atoms with Gasteiger partial charge < -0.3 is 5.32 Å². The Morgan fingerprint density at radius 3 is 2.25 bits per heavy atom. The molecule has 1 aromatic carbocycles. The predicted octanol–water partition coefficient (Wildman–Crippen LogP) is 2.69. The highest BCUT2D eigenvalue weighted by Crippen LogP contribution is 2.27. The lowest BCUT2D eigenvalue weighted by atomic mass is 9.83. The normalized spacial score (nSPS) is 20.1. The molecule has 0 bridgehead atoms. The van der Waals surface area contributed by atoms with Crippen molar-refractivity contribution in [2.45, 2.75) is 52.9 Å². The van der Waals surface area contributed by atoms with Crippen molar-refractivity contribution in [1.29, 1.82) is 0 Å². The van der Waals surface area contributed by atoms with Gasteiger partial charge in [0.2, 0.25) is 5.91 Å². The molecule has 1 aromatic rings. The van der Waals surface area contributed by atoms with Crippen LogP contribution in [0.3, 0.4) is 0 Å². The van der Waals surface area contributed by atoms with Gasteiger partial charge in [0.05, 0.1) is 17.4 Å². The fraction of sp³-hybridized carbons (Fsp3) is 0.632. The van der Waals surface area contributed by atoms with Crippen LogP contribution >= 0.6 is 0 Å². The Morgan fingerprint density at radius 1 is 1.21 bits per heavy atom. The summed E-state index contributed by atoms with van der Waals surface area (Å²) in [6, 6.07) is 4.46. The monoisotopic (exact) mass is 351 g/mol. The second-order valence-corrected chi connectivity index (χ2v) is 10.2. The highest BCUT2D eigenvalue weighted by atomic mass is 32.2. The lowest BCUT2D eigenvalue weighted by Gasteiger charge is -2.22. The first-order valence-corrected chi connectivity index (χ1v) is 10.4. The lowest BCUT2D eigenvalue weighted by molar-refractivity contribution is -0.124. The Balaban J connectivity index is 1.97. The lowest BCUT2D eigenvalue weighted by Crippen LogP contribution is -2.33. The van der Waals surface area contributed by atoms with Crippen molar-refractivity contribution >= 4 is 15.7 Å². The molecule has 0 radical (unpaired) electrons. The SMILES string of the molecule is Cc1cc(C(C)(C)C)cc(C)c1CCNC(=O)C1CCS(=O)(=O)C1. The molecule has 0 saturated carbocycles. The average Bonchev–Trinajstić information content (AvgIpc) is 2.80. The van der Waals surface area contributed by atoms with Crippen molar-refractivity contribution in [3.8, 4) is 0 Å². The van der Waals surface area contributed by atoms with E-state index < -0.39 is 9.84 Å². The van der Waals surface area contributed by atoms with Gasteiger partial charge in [-0.1, -0.05) is 32.9 Å². The van der Waals surface area contributed by atoms with Crippen molar-refractivity contribution in [2.24, 2.45) is 5.92 Å². The Labute approximate surface area is 146 Å². The Morgan fingerprint density at radius 2 is 1.79 bits per heavy atom. The van der Waals surface area contributed by atoms with E-state index in [0.717, 1.165) is 6.42 Å². The summed E-state index contributed by atoms with van der Waals surface area (Å²) in [4.78, 5) is 12.1. The molecule has 0 spiro atoms. The largest absolute Gasteiger partial charge is 0.356 e. The van der Waals surface area contributed by atoms with Crippen molar-refractivity contribution in [1.82, 2.24) is 5.32 Å². The van der Waals surface area contributed by atoms with Crippen LogP contribution in [0.1, 0.15) is 49.4 Å². The van der Waals surface area contributed by atoms with Gasteiger partial charge in [0.15, 0.2) is 9.84 Å². The van der Waals surface area contributed by atoms with Crippen LogP contribution in [0.25, 0.3) is 0 Å². The van der Waals surface area contributed by atoms with E-state index in [9.17, 15) is 13.2 Å². The fourth-order valence-electron chi connectivity index (χ4n) is 3.28. The molecular formula is C19H29NO3S. The topological polar surface area (TPSA) is 63.2 Å². The Hall–Kier alpha value is -1.36. The van der Waals surface area contributed by atoms with E-state index in [1.54, 1.807) is 0 Å². The minimum absolute atomic E-state index is 0.00281. The van der Waals surface area contributed by atoms with Crippen LogP contribution in [0.15, 0.2) is 12.1 Å². The maximum absolute atomic E-state index is 12.1. The second kappa shape index (κ2) is 6.87. The summed E-state index contributed by atoms with van der Waals surface area (Å²) in [7, 11) is -3.01. The number of hydrogen-bond acceptors (Lipinski definition) is 3. The summed E-state index contributed by atoms with van der Waals surface area (Å²) >= 11 is 0. The third-order valence-corrected chi connectivity index (χ3v) is 6.61. The molecule has 1 N–H and O–H groups in total. The van der Waals surface area contributed by atoms with Crippen LogP contribution in [-0.4, -0.2) is 32.4 Å². The van der Waals surface area contributed by atoms with E-state index in [1.807, 2.05) is 0 Å². The molecule has 2 rings (SSSR count). The van der Waals surface area contributed by atoms with Crippen LogP contribution < -0.4 is 5.32 Å². The number of rotatable bonds is 4. The van der Waals surface area contributed by atoms with Gasteiger partial charge in [-0.25, -0.2) is 8.42 Å². The molecule has 1 unspecified atom stereocenters. The molecule has 1 heterocycles. The molecule has 1 atom stereocenters. The van der Waals surface area contributed by atoms with Crippen molar-refractivity contribution in [3.63, 3.8) is 0 Å². The number of amides is 1. The van der Waals surface area contributed by atoms with Crippen LogP contribution in [-0.2, 0) is 26.5 Å². The fourth-order valence-corrected chi connectivity index (χ4v) is 5.02. The van der Waals surface area contributed by atoms with Crippen molar-refractivity contribution in [2.75, 3.05) is 18.1 Å². The number of benzene rings is 1. The Kier molecular flexibility index (Phi) is 5.43. The molecule has 1 aliphatic rings. The highest BCUT2D eigenvalue weighted by Gasteiger charge is 2.32. The first-order valence-electron chi connectivity index (χ1n) is 8.58. The zero-order chi connectivity index (χ0) is 18.1. The van der Waals surface area contributed by atoms with Crippen LogP contribution in [0.2, 0.25) is 0 Å². The minimum atomic E-state index is -3.01. The first kappa shape index (κ1) is 19.0. The van der Waals surface area contributed by atoms with Gasteiger partial charge >= 0.3 is 0 Å². The Bertz CT molecular complexity index is 706. The molecule has 0 aromatic heterocycles. The zero-order valence-electron chi connectivity index (χ0n) is 15.4. The number of carbonyl (C=O) groups excluding carboxylic acids is 1. The third-order valence-electron chi connectivity index (χ3n) is 4.84. The summed E-state index contributed by atoms with van der Waals surface area (Å²) in [5.74, 6) is -0.368. The second-order valence-electron chi connectivity index (χ2n) is 7.98. The highest BCUT2D eigenvalue weighted by molar-refractivity contribution is 7.91. The molecule has 1 aliphatic heterocycles. The van der Waals surface area contributed by atoms with Gasteiger partial charge in [-0.15, -0.1) is 0 Å². The summed E-state index contributed by atoms with van der Waals surface area (Å²) < 4.78 is 22.9. The summed E-state index contributed by atoms with van der Waals surface area (Å²) in [5, 5.41) is 2.91. The smallest absolute Gasteiger partial charge is 0.224 e. The van der Waals surface area contributed by atoms with E-state index in [-0.39, 0.29) is 28.7 Å². The number of sulfone groups is 1. The maximum atomic E-state index is 12.1. The minimum Gasteiger partial charge on any atom is -0.356 e. The van der Waals surface area contributed by atoms with E-state index in [0.29, 0.717) is 13.0 Å². The van der Waals surface area contributed by atoms with Gasteiger partial charge in [-0.05, 0) is 54.4 Å². The van der Waals surface area contributed by atoms with E-state index >= 15 is 0 Å². The van der Waals surface area contributed by atoms with Gasteiger partial charge in [-0.3, -0.25) is 4.79 Å². The molecule has 4 nitrogen and oxygen atoms in total. The molecule has 1 fully saturated rings. The number of hydrogen-bond donors (Lipinski definition) is 1. The van der Waals surface area contributed by atoms with Crippen LogP contribution in [0.4, 0.5) is 0 Å². The zero-order valence-corrected chi connectivity index (χ0v) is 16.2. The number of nitrogens with one attached hydrogen (secondary N) is 1. The number of aryl methyl sites for hydroxylation is 2. The van der Waals surface area contributed by atoms with Crippen LogP contribution in [0.5, 0.6) is 0 Å². The molecule has 0 aliphatic carbocycles. The third kappa shape index (κ3) is 4.59. The molecule has 24 heavy (non-hydrogen) atoms. The molecule has 5 heteroatoms. The van der Waals surface area contributed by atoms with E-state index in [1.165, 1.54) is 22.3 Å². The summed E-state index contributed by atoms with van der Waals surface area (Å²) in [6.45, 7) is 11.4.